The van der Waals surface area contributed by atoms with Crippen molar-refractivity contribution in [3.05, 3.63) is 0 Å². The Labute approximate surface area is 230 Å². The Hall–Kier alpha value is 0.456. The summed E-state index contributed by atoms with van der Waals surface area (Å²) in [5.74, 6) is -0.538. The van der Waals surface area contributed by atoms with Gasteiger partial charge >= 0.3 is 51.4 Å². The van der Waals surface area contributed by atoms with Crippen LogP contribution in [0.4, 0.5) is 0 Å². The normalized spacial score (nSPS) is 40.1. The van der Waals surface area contributed by atoms with Gasteiger partial charge in [-0.2, -0.15) is 0 Å². The zero-order chi connectivity index (χ0) is 23.5. The second-order valence-electron chi connectivity index (χ2n) is 8.56. The van der Waals surface area contributed by atoms with E-state index >= 15 is 0 Å². The molecule has 0 aromatic rings. The van der Waals surface area contributed by atoms with Crippen LogP contribution in [-0.4, -0.2) is 106 Å². The summed E-state index contributed by atoms with van der Waals surface area (Å²) in [6, 6.07) is -0.855. The van der Waals surface area contributed by atoms with E-state index in [1.807, 2.05) is 13.8 Å². The molecule has 10 unspecified atom stereocenters. The van der Waals surface area contributed by atoms with Crippen LogP contribution in [0.2, 0.25) is 0 Å². The number of amides is 1. The molecule has 0 aromatic carbocycles. The van der Waals surface area contributed by atoms with E-state index in [1.54, 1.807) is 20.1 Å². The van der Waals surface area contributed by atoms with Gasteiger partial charge in [0.25, 0.3) is 0 Å². The van der Waals surface area contributed by atoms with Gasteiger partial charge in [0.1, 0.15) is 30.5 Å². The molecule has 0 saturated carbocycles. The maximum atomic E-state index is 11.8. The fraction of sp³-hybridized carbons (Fsp3) is 0.900. The second-order valence-corrected chi connectivity index (χ2v) is 8.56. The molecule has 0 aliphatic carbocycles. The first-order valence-corrected chi connectivity index (χ1v) is 10.4. The maximum Gasteiger partial charge on any atom is 1.00 e. The van der Waals surface area contributed by atoms with Crippen molar-refractivity contribution in [3.63, 3.8) is 0 Å². The summed E-state index contributed by atoms with van der Waals surface area (Å²) in [7, 11) is 0. The van der Waals surface area contributed by atoms with Crippen molar-refractivity contribution in [2.45, 2.75) is 102 Å². The monoisotopic (exact) mass is 487 g/mol. The van der Waals surface area contributed by atoms with Crippen LogP contribution < -0.4 is 56.7 Å². The first kappa shape index (κ1) is 30.5. The van der Waals surface area contributed by atoms with Crippen LogP contribution in [0.3, 0.4) is 0 Å². The van der Waals surface area contributed by atoms with Gasteiger partial charge in [-0.05, 0) is 25.9 Å². The predicted octanol–water partition coefficient (Wildman–Crippen LogP) is -4.99. The average molecular weight is 488 g/mol. The van der Waals surface area contributed by atoms with Crippen LogP contribution in [0.1, 0.15) is 34.6 Å². The first-order valence-electron chi connectivity index (χ1n) is 10.4. The van der Waals surface area contributed by atoms with Crippen molar-refractivity contribution in [2.24, 2.45) is 5.92 Å². The largest absolute Gasteiger partial charge is 1.00 e. The molecule has 12 heteroatoms. The third-order valence-electron chi connectivity index (χ3n) is 5.35. The summed E-state index contributed by atoms with van der Waals surface area (Å²) < 4.78 is 22.6. The number of hydrogen-bond acceptors (Lipinski definition) is 10. The fourth-order valence-electron chi connectivity index (χ4n) is 3.93. The summed E-state index contributed by atoms with van der Waals surface area (Å²) in [6.07, 6.45) is -10.1. The summed E-state index contributed by atoms with van der Waals surface area (Å²) in [5.41, 5.74) is 0. The Morgan fingerprint density at radius 2 is 1.69 bits per heavy atom. The third-order valence-corrected chi connectivity index (χ3v) is 5.35. The maximum absolute atomic E-state index is 11.8. The molecular formula is C20H34KNO10. The second kappa shape index (κ2) is 13.5. The number of carbonyl (C=O) groups excluding carboxylic acids is 2. The van der Waals surface area contributed by atoms with E-state index in [0.29, 0.717) is 0 Å². The molecule has 0 aromatic heterocycles. The third kappa shape index (κ3) is 7.23. The van der Waals surface area contributed by atoms with Crippen molar-refractivity contribution in [1.82, 2.24) is 5.32 Å². The average Bonchev–Trinajstić information content (AvgIpc) is 2.69. The van der Waals surface area contributed by atoms with Crippen LogP contribution >= 0.6 is 0 Å². The number of carbonyl (C=O) groups is 1. The molecule has 10 atom stereocenters. The molecule has 32 heavy (non-hydrogen) atoms. The Balaban J connectivity index is 0.00000512. The minimum absolute atomic E-state index is 0. The van der Waals surface area contributed by atoms with Crippen LogP contribution in [0.5, 0.6) is 0 Å². The van der Waals surface area contributed by atoms with Gasteiger partial charge in [-0.25, -0.2) is 6.29 Å². The Kier molecular flexibility index (Phi) is 12.9. The van der Waals surface area contributed by atoms with Crippen molar-refractivity contribution in [2.75, 3.05) is 6.61 Å². The van der Waals surface area contributed by atoms with Crippen LogP contribution in [0, 0.1) is 5.92 Å². The number of aliphatic hydroxyl groups is 4. The Morgan fingerprint density at radius 3 is 2.16 bits per heavy atom. The topological polar surface area (TPSA) is 164 Å². The van der Waals surface area contributed by atoms with E-state index < -0.39 is 73.7 Å². The van der Waals surface area contributed by atoms with Gasteiger partial charge in [0, 0.05) is 6.92 Å². The molecule has 5 N–H and O–H groups in total. The van der Waals surface area contributed by atoms with E-state index in [-0.39, 0.29) is 63.4 Å². The van der Waals surface area contributed by atoms with E-state index in [0.717, 1.165) is 0 Å². The summed E-state index contributed by atoms with van der Waals surface area (Å²) >= 11 is 0. The molecule has 0 bridgehead atoms. The minimum Gasteiger partial charge on any atom is -0.539 e. The quantitative estimate of drug-likeness (QED) is 0.165. The number of hydrogen-bond donors (Lipinski definition) is 5. The van der Waals surface area contributed by atoms with Crippen molar-refractivity contribution < 1.29 is 100 Å². The minimum atomic E-state index is -1.62. The molecule has 0 radical (unpaired) electrons. The van der Waals surface area contributed by atoms with Gasteiger partial charge in [0.05, 0.1) is 31.0 Å². The fourth-order valence-corrected chi connectivity index (χ4v) is 3.93. The number of ether oxygens (including phenoxy) is 4. The smallest absolute Gasteiger partial charge is 0.539 e. The molecule has 180 valence electrons. The zero-order valence-electron chi connectivity index (χ0n) is 19.4. The van der Waals surface area contributed by atoms with E-state index in [1.165, 1.54) is 6.92 Å². The molecule has 2 rings (SSSR count). The molecule has 1 amide bonds. The van der Waals surface area contributed by atoms with E-state index in [4.69, 9.17) is 18.9 Å². The van der Waals surface area contributed by atoms with Gasteiger partial charge in [0.2, 0.25) is 5.91 Å². The number of rotatable bonds is 8. The van der Waals surface area contributed by atoms with Gasteiger partial charge in [-0.15, -0.1) is 0 Å². The standard InChI is InChI=1S/C20H34NO10.K/c1-8(2)17-13(21-10(5)24)19(14(25)11(6-22)29-17)31-20-16(27)15(26)18(28-9(3)4)12(7-23)30-20;/h8-9,11-20,22,25-27H,6H2,1-5H3,(H,21,24);/q-1;+1. The molecule has 2 saturated heterocycles. The zero-order valence-corrected chi connectivity index (χ0v) is 22.5. The van der Waals surface area contributed by atoms with E-state index in [2.05, 4.69) is 5.32 Å². The Morgan fingerprint density at radius 1 is 1.06 bits per heavy atom. The van der Waals surface area contributed by atoms with Gasteiger partial charge in [-0.1, -0.05) is 13.8 Å². The molecule has 2 aliphatic rings. The molecule has 2 heterocycles. The van der Waals surface area contributed by atoms with Crippen molar-refractivity contribution >= 4 is 12.2 Å². The summed E-state index contributed by atoms with van der Waals surface area (Å²) in [4.78, 5) is 23.2. The summed E-state index contributed by atoms with van der Waals surface area (Å²) in [6.45, 7) is 7.85. The molecule has 2 fully saturated rings. The SMILES string of the molecule is CC(=O)NC1C(C(C)C)OC(CO)C(O)C1OC1OC([C-]=O)C(OC(C)C)C(O)C1O.[K+]. The predicted molar refractivity (Wildman–Crippen MR) is 105 cm³/mol. The Bertz CT molecular complexity index is 609. The van der Waals surface area contributed by atoms with E-state index in [9.17, 15) is 30.0 Å². The first-order chi connectivity index (χ1) is 14.5. The van der Waals surface area contributed by atoms with Crippen LogP contribution in [-0.2, 0) is 28.5 Å². The van der Waals surface area contributed by atoms with Gasteiger partial charge in [-0.3, -0.25) is 4.79 Å². The van der Waals surface area contributed by atoms with Crippen molar-refractivity contribution in [3.8, 4) is 0 Å². The molecular weight excluding hydrogens is 453 g/mol. The molecule has 2 aliphatic heterocycles. The molecule has 0 spiro atoms. The van der Waals surface area contributed by atoms with Gasteiger partial charge < -0.3 is 49.5 Å². The van der Waals surface area contributed by atoms with Crippen molar-refractivity contribution in [1.29, 1.82) is 0 Å². The molecule has 11 nitrogen and oxygen atoms in total. The van der Waals surface area contributed by atoms with Crippen LogP contribution in [0.25, 0.3) is 0 Å². The number of nitrogens with one attached hydrogen (secondary N) is 1. The number of aliphatic hydroxyl groups excluding tert-OH is 4. The summed E-state index contributed by atoms with van der Waals surface area (Å²) in [5, 5.41) is 44.1. The van der Waals surface area contributed by atoms with Gasteiger partial charge in [0.15, 0.2) is 6.29 Å². The van der Waals surface area contributed by atoms with Crippen LogP contribution in [0.15, 0.2) is 0 Å².